The summed E-state index contributed by atoms with van der Waals surface area (Å²) in [6.45, 7) is 15.6. The average Bonchev–Trinajstić information content (AvgIpc) is 3.26. The molecule has 180 valence electrons. The van der Waals surface area contributed by atoms with Crippen molar-refractivity contribution in [2.45, 2.75) is 104 Å². The Morgan fingerprint density at radius 1 is 1.16 bits per heavy atom. The maximum Gasteiger partial charge on any atom is 0.0967 e. The van der Waals surface area contributed by atoms with Crippen LogP contribution in [-0.2, 0) is 0 Å². The lowest BCUT2D eigenvalue weighted by molar-refractivity contribution is 0.399. The molecule has 1 heterocycles. The number of hydrogen-bond acceptors (Lipinski definition) is 5. The first-order valence-corrected chi connectivity index (χ1v) is 13.4. The van der Waals surface area contributed by atoms with E-state index in [-0.39, 0.29) is 6.04 Å². The summed E-state index contributed by atoms with van der Waals surface area (Å²) in [7, 11) is 0. The Balaban J connectivity index is 2.04. The van der Waals surface area contributed by atoms with E-state index in [1.54, 1.807) is 11.3 Å². The van der Waals surface area contributed by atoms with Gasteiger partial charge in [-0.1, -0.05) is 65.7 Å². The van der Waals surface area contributed by atoms with E-state index < -0.39 is 0 Å². The van der Waals surface area contributed by atoms with Crippen LogP contribution in [0.1, 0.15) is 103 Å². The molecule has 1 aliphatic rings. The molecule has 0 saturated heterocycles. The number of hydrogen-bond donors (Lipinski definition) is 3. The highest BCUT2D eigenvalue weighted by Crippen LogP contribution is 2.28. The first-order chi connectivity index (χ1) is 15.2. The Morgan fingerprint density at radius 2 is 1.88 bits per heavy atom. The van der Waals surface area contributed by atoms with Crippen molar-refractivity contribution in [3.05, 3.63) is 46.1 Å². The highest BCUT2D eigenvalue weighted by atomic mass is 32.1. The molecule has 1 aromatic heterocycles. The molecule has 0 aliphatic heterocycles. The fourth-order valence-corrected chi connectivity index (χ4v) is 5.20. The number of thiazole rings is 1. The van der Waals surface area contributed by atoms with Crippen LogP contribution < -0.4 is 16.8 Å². The van der Waals surface area contributed by atoms with Crippen molar-refractivity contribution in [3.63, 3.8) is 0 Å². The maximum atomic E-state index is 6.30. The molecule has 1 aliphatic carbocycles. The Morgan fingerprint density at radius 3 is 2.47 bits per heavy atom. The van der Waals surface area contributed by atoms with Crippen LogP contribution in [0.25, 0.3) is 5.70 Å². The zero-order valence-electron chi connectivity index (χ0n) is 21.0. The fraction of sp³-hybridized carbons (Fsp3) is 0.667. The van der Waals surface area contributed by atoms with E-state index in [0.717, 1.165) is 60.1 Å². The molecule has 5 N–H and O–H groups in total. The predicted octanol–water partition coefficient (Wildman–Crippen LogP) is 6.72. The molecule has 0 radical (unpaired) electrons. The topological polar surface area (TPSA) is 77.0 Å². The summed E-state index contributed by atoms with van der Waals surface area (Å²) in [6.07, 6.45) is 13.2. The second-order valence-corrected chi connectivity index (χ2v) is 10.9. The molecule has 1 aromatic rings. The minimum atomic E-state index is 0.208. The summed E-state index contributed by atoms with van der Waals surface area (Å²) < 4.78 is 0. The van der Waals surface area contributed by atoms with Crippen molar-refractivity contribution in [1.82, 2.24) is 10.3 Å². The lowest BCUT2D eigenvalue weighted by atomic mass is 9.90. The van der Waals surface area contributed by atoms with Crippen LogP contribution in [0.2, 0.25) is 0 Å². The van der Waals surface area contributed by atoms with Crippen molar-refractivity contribution in [2.24, 2.45) is 23.3 Å². The number of nitrogens with two attached hydrogens (primary N) is 2. The second kappa shape index (κ2) is 13.2. The van der Waals surface area contributed by atoms with Crippen LogP contribution in [0.5, 0.6) is 0 Å². The zero-order chi connectivity index (χ0) is 23.7. The van der Waals surface area contributed by atoms with Gasteiger partial charge in [-0.15, -0.1) is 11.3 Å². The average molecular weight is 459 g/mol. The monoisotopic (exact) mass is 458 g/mol. The third-order valence-electron chi connectivity index (χ3n) is 6.97. The van der Waals surface area contributed by atoms with Crippen LogP contribution in [0.3, 0.4) is 0 Å². The molecule has 3 unspecified atom stereocenters. The van der Waals surface area contributed by atoms with Gasteiger partial charge in [0.15, 0.2) is 0 Å². The molecule has 32 heavy (non-hydrogen) atoms. The summed E-state index contributed by atoms with van der Waals surface area (Å²) in [5.41, 5.74) is 16.6. The SMILES string of the molecule is C=C(NC(CCC(CC)CC)CC1=CC=C(N)CC1)c1csc(C(C)CC(N)C(C)C)n1. The van der Waals surface area contributed by atoms with Crippen LogP contribution in [0, 0.1) is 11.8 Å². The summed E-state index contributed by atoms with van der Waals surface area (Å²) in [6, 6.07) is 0.582. The minimum Gasteiger partial charge on any atom is -0.402 e. The van der Waals surface area contributed by atoms with Crippen LogP contribution >= 0.6 is 11.3 Å². The van der Waals surface area contributed by atoms with Gasteiger partial charge in [0.05, 0.1) is 16.4 Å². The predicted molar refractivity (Wildman–Crippen MR) is 141 cm³/mol. The van der Waals surface area contributed by atoms with Crippen molar-refractivity contribution in [3.8, 4) is 0 Å². The summed E-state index contributed by atoms with van der Waals surface area (Å²) in [5, 5.41) is 7.04. The number of nitrogens with one attached hydrogen (secondary N) is 1. The molecule has 3 atom stereocenters. The van der Waals surface area contributed by atoms with E-state index in [2.05, 4.69) is 64.0 Å². The van der Waals surface area contributed by atoms with Gasteiger partial charge in [0.25, 0.3) is 0 Å². The number of allylic oxidation sites excluding steroid dienone is 3. The van der Waals surface area contributed by atoms with Gasteiger partial charge >= 0.3 is 0 Å². The third-order valence-corrected chi connectivity index (χ3v) is 8.04. The van der Waals surface area contributed by atoms with Gasteiger partial charge < -0.3 is 16.8 Å². The second-order valence-electron chi connectivity index (χ2n) is 9.97. The third kappa shape index (κ3) is 8.40. The molecular weight excluding hydrogens is 412 g/mol. The zero-order valence-corrected chi connectivity index (χ0v) is 21.8. The Hall–Kier alpha value is -1.59. The van der Waals surface area contributed by atoms with Crippen LogP contribution in [-0.4, -0.2) is 17.1 Å². The van der Waals surface area contributed by atoms with Crippen LogP contribution in [0.15, 0.2) is 35.4 Å². The molecule has 0 bridgehead atoms. The van der Waals surface area contributed by atoms with Crippen molar-refractivity contribution in [2.75, 3.05) is 0 Å². The van der Waals surface area contributed by atoms with E-state index in [0.29, 0.717) is 17.9 Å². The van der Waals surface area contributed by atoms with Gasteiger partial charge in [0.2, 0.25) is 0 Å². The largest absolute Gasteiger partial charge is 0.402 e. The smallest absolute Gasteiger partial charge is 0.0967 e. The van der Waals surface area contributed by atoms with E-state index in [1.165, 1.54) is 24.8 Å². The molecule has 0 amide bonds. The van der Waals surface area contributed by atoms with Crippen LogP contribution in [0.4, 0.5) is 0 Å². The number of aromatic nitrogens is 1. The fourth-order valence-electron chi connectivity index (χ4n) is 4.30. The summed E-state index contributed by atoms with van der Waals surface area (Å²) >= 11 is 1.73. The molecular formula is C27H46N4S. The Bertz CT molecular complexity index is 772. The summed E-state index contributed by atoms with van der Waals surface area (Å²) in [4.78, 5) is 4.92. The van der Waals surface area contributed by atoms with Crippen molar-refractivity contribution in [1.29, 1.82) is 0 Å². The molecule has 0 aromatic carbocycles. The molecule has 0 spiro atoms. The van der Waals surface area contributed by atoms with Crippen molar-refractivity contribution < 1.29 is 0 Å². The molecule has 0 fully saturated rings. The van der Waals surface area contributed by atoms with E-state index >= 15 is 0 Å². The minimum absolute atomic E-state index is 0.208. The van der Waals surface area contributed by atoms with Gasteiger partial charge in [-0.25, -0.2) is 4.98 Å². The van der Waals surface area contributed by atoms with E-state index in [9.17, 15) is 0 Å². The Kier molecular flexibility index (Phi) is 11.0. The first kappa shape index (κ1) is 26.7. The first-order valence-electron chi connectivity index (χ1n) is 12.5. The van der Waals surface area contributed by atoms with Gasteiger partial charge in [0.1, 0.15) is 0 Å². The maximum absolute atomic E-state index is 6.30. The lowest BCUT2D eigenvalue weighted by Crippen LogP contribution is -2.29. The molecule has 4 nitrogen and oxygen atoms in total. The van der Waals surface area contributed by atoms with Crippen molar-refractivity contribution >= 4 is 17.0 Å². The quantitative estimate of drug-likeness (QED) is 0.289. The molecule has 0 saturated carbocycles. The molecule has 2 rings (SSSR count). The van der Waals surface area contributed by atoms with E-state index in [1.807, 2.05) is 0 Å². The Labute approximate surface area is 200 Å². The lowest BCUT2D eigenvalue weighted by Gasteiger charge is -2.25. The normalized spacial score (nSPS) is 17.1. The highest BCUT2D eigenvalue weighted by Gasteiger charge is 2.20. The van der Waals surface area contributed by atoms with E-state index in [4.69, 9.17) is 16.5 Å². The van der Waals surface area contributed by atoms with Gasteiger partial charge in [-0.2, -0.15) is 0 Å². The highest BCUT2D eigenvalue weighted by molar-refractivity contribution is 7.09. The number of nitrogens with zero attached hydrogens (tertiary/aromatic N) is 1. The van der Waals surface area contributed by atoms with Gasteiger partial charge in [0, 0.05) is 29.1 Å². The summed E-state index contributed by atoms with van der Waals surface area (Å²) in [5.74, 6) is 1.65. The van der Waals surface area contributed by atoms with Gasteiger partial charge in [-0.05, 0) is 56.4 Å². The molecule has 5 heteroatoms. The number of rotatable bonds is 14. The standard InChI is InChI=1S/C27H46N4S/c1-7-21(8-2)11-14-24(16-22-9-12-23(28)13-10-22)30-20(6)26-17-32-27(31-26)19(5)15-25(29)18(3)4/h9,12,17-19,21,24-25,30H,6-8,10-11,13-16,28-29H2,1-5H3. The van der Waals surface area contributed by atoms with Gasteiger partial charge in [-0.3, -0.25) is 0 Å².